The molecule has 1 aromatic rings. The number of carbonyl (C=O) groups is 1. The Kier molecular flexibility index (Phi) is 5.34. The first kappa shape index (κ1) is 14.2. The highest BCUT2D eigenvalue weighted by Gasteiger charge is 2.16. The summed E-state index contributed by atoms with van der Waals surface area (Å²) in [5, 5.41) is 8.70. The Morgan fingerprint density at radius 1 is 1.44 bits per heavy atom. The van der Waals surface area contributed by atoms with Crippen molar-refractivity contribution in [3.63, 3.8) is 0 Å². The minimum absolute atomic E-state index is 0.0405. The van der Waals surface area contributed by atoms with Crippen molar-refractivity contribution < 1.29 is 4.79 Å². The van der Waals surface area contributed by atoms with E-state index in [1.54, 1.807) is 24.1 Å². The third-order valence-electron chi connectivity index (χ3n) is 2.80. The molecular formula is C14H19N3O. The van der Waals surface area contributed by atoms with Crippen LogP contribution in [0.15, 0.2) is 24.3 Å². The summed E-state index contributed by atoms with van der Waals surface area (Å²) in [6.07, 6.45) is 1.61. The molecule has 0 radical (unpaired) electrons. The Bertz CT molecular complexity index is 433. The molecule has 0 aliphatic heterocycles. The predicted octanol–water partition coefficient (Wildman–Crippen LogP) is 1.64. The van der Waals surface area contributed by atoms with E-state index in [0.29, 0.717) is 18.5 Å². The van der Waals surface area contributed by atoms with Crippen molar-refractivity contribution in [2.75, 3.05) is 7.05 Å². The van der Waals surface area contributed by atoms with Gasteiger partial charge in [-0.15, -0.1) is 0 Å². The largest absolute Gasteiger partial charge is 0.340 e. The maximum Gasteiger partial charge on any atom is 0.239 e. The first-order chi connectivity index (χ1) is 8.58. The topological polar surface area (TPSA) is 70.1 Å². The molecule has 0 fully saturated rings. The van der Waals surface area contributed by atoms with Gasteiger partial charge in [-0.05, 0) is 24.1 Å². The van der Waals surface area contributed by atoms with E-state index in [2.05, 4.69) is 6.07 Å². The van der Waals surface area contributed by atoms with Crippen molar-refractivity contribution in [1.29, 1.82) is 5.26 Å². The van der Waals surface area contributed by atoms with E-state index in [4.69, 9.17) is 11.0 Å². The van der Waals surface area contributed by atoms with Gasteiger partial charge in [0.25, 0.3) is 0 Å². The number of nitriles is 1. The number of rotatable bonds is 5. The highest BCUT2D eigenvalue weighted by atomic mass is 16.2. The van der Waals surface area contributed by atoms with E-state index in [1.165, 1.54) is 0 Å². The van der Waals surface area contributed by atoms with Crippen LogP contribution in [-0.2, 0) is 11.3 Å². The Hall–Kier alpha value is -1.86. The fourth-order valence-corrected chi connectivity index (χ4v) is 1.75. The molecule has 0 saturated carbocycles. The van der Waals surface area contributed by atoms with Gasteiger partial charge in [0, 0.05) is 13.6 Å². The van der Waals surface area contributed by atoms with Gasteiger partial charge in [-0.25, -0.2) is 0 Å². The van der Waals surface area contributed by atoms with Crippen LogP contribution in [0.25, 0.3) is 0 Å². The molecule has 0 aliphatic carbocycles. The Balaban J connectivity index is 2.61. The quantitative estimate of drug-likeness (QED) is 0.857. The lowest BCUT2D eigenvalue weighted by Gasteiger charge is -2.21. The van der Waals surface area contributed by atoms with Crippen LogP contribution in [0.5, 0.6) is 0 Å². The zero-order valence-electron chi connectivity index (χ0n) is 10.9. The van der Waals surface area contributed by atoms with Crippen LogP contribution in [0.4, 0.5) is 0 Å². The van der Waals surface area contributed by atoms with Gasteiger partial charge in [0.05, 0.1) is 17.7 Å². The zero-order valence-corrected chi connectivity index (χ0v) is 10.9. The van der Waals surface area contributed by atoms with Gasteiger partial charge in [-0.1, -0.05) is 25.5 Å². The summed E-state index contributed by atoms with van der Waals surface area (Å²) >= 11 is 0. The lowest BCUT2D eigenvalue weighted by Crippen LogP contribution is -2.41. The van der Waals surface area contributed by atoms with Gasteiger partial charge in [-0.3, -0.25) is 4.79 Å². The van der Waals surface area contributed by atoms with Gasteiger partial charge < -0.3 is 10.6 Å². The van der Waals surface area contributed by atoms with Gasteiger partial charge in [0.1, 0.15) is 0 Å². The third-order valence-corrected chi connectivity index (χ3v) is 2.80. The first-order valence-corrected chi connectivity index (χ1v) is 6.08. The van der Waals surface area contributed by atoms with E-state index in [9.17, 15) is 4.79 Å². The summed E-state index contributed by atoms with van der Waals surface area (Å²) in [6, 6.07) is 8.86. The minimum atomic E-state index is -0.418. The van der Waals surface area contributed by atoms with Gasteiger partial charge >= 0.3 is 0 Å². The molecule has 0 unspecified atom stereocenters. The molecule has 0 saturated heterocycles. The highest BCUT2D eigenvalue weighted by Crippen LogP contribution is 2.07. The lowest BCUT2D eigenvalue weighted by molar-refractivity contribution is -0.131. The number of hydrogen-bond donors (Lipinski definition) is 1. The fourth-order valence-electron chi connectivity index (χ4n) is 1.75. The molecule has 0 bridgehead atoms. The minimum Gasteiger partial charge on any atom is -0.340 e. The van der Waals surface area contributed by atoms with Gasteiger partial charge in [0.15, 0.2) is 0 Å². The van der Waals surface area contributed by atoms with Gasteiger partial charge in [-0.2, -0.15) is 5.26 Å². The summed E-state index contributed by atoms with van der Waals surface area (Å²) in [7, 11) is 1.75. The van der Waals surface area contributed by atoms with Crippen molar-refractivity contribution in [2.24, 2.45) is 5.73 Å². The molecule has 96 valence electrons. The van der Waals surface area contributed by atoms with Crippen LogP contribution < -0.4 is 5.73 Å². The standard InChI is InChI=1S/C14H19N3O/c1-3-4-13(16)14(18)17(2)10-12-7-5-11(9-15)6-8-12/h5-8,13H,3-4,10,16H2,1-2H3/t13-/m1/s1. The molecule has 4 nitrogen and oxygen atoms in total. The summed E-state index contributed by atoms with van der Waals surface area (Å²) in [6.45, 7) is 2.52. The zero-order chi connectivity index (χ0) is 13.5. The Morgan fingerprint density at radius 3 is 2.56 bits per heavy atom. The van der Waals surface area contributed by atoms with Crippen LogP contribution in [0, 0.1) is 11.3 Å². The average Bonchev–Trinajstić information content (AvgIpc) is 2.39. The number of hydrogen-bond acceptors (Lipinski definition) is 3. The predicted molar refractivity (Wildman–Crippen MR) is 70.5 cm³/mol. The summed E-state index contributed by atoms with van der Waals surface area (Å²) < 4.78 is 0. The summed E-state index contributed by atoms with van der Waals surface area (Å²) in [4.78, 5) is 13.5. The molecular weight excluding hydrogens is 226 g/mol. The van der Waals surface area contributed by atoms with Crippen LogP contribution in [0.1, 0.15) is 30.9 Å². The van der Waals surface area contributed by atoms with E-state index in [-0.39, 0.29) is 5.91 Å². The second-order valence-corrected chi connectivity index (χ2v) is 4.40. The smallest absolute Gasteiger partial charge is 0.239 e. The second kappa shape index (κ2) is 6.77. The molecule has 1 aromatic carbocycles. The maximum absolute atomic E-state index is 11.9. The highest BCUT2D eigenvalue weighted by molar-refractivity contribution is 5.81. The molecule has 0 spiro atoms. The molecule has 18 heavy (non-hydrogen) atoms. The maximum atomic E-state index is 11.9. The molecule has 0 heterocycles. The number of benzene rings is 1. The van der Waals surface area contributed by atoms with E-state index in [0.717, 1.165) is 12.0 Å². The molecule has 1 rings (SSSR count). The third kappa shape index (κ3) is 3.86. The molecule has 0 aliphatic rings. The van der Waals surface area contributed by atoms with Crippen LogP contribution in [-0.4, -0.2) is 23.9 Å². The first-order valence-electron chi connectivity index (χ1n) is 6.08. The Labute approximate surface area is 108 Å². The summed E-state index contributed by atoms with van der Waals surface area (Å²) in [5.74, 6) is -0.0405. The number of nitrogens with zero attached hydrogens (tertiary/aromatic N) is 2. The molecule has 1 atom stereocenters. The fraction of sp³-hybridized carbons (Fsp3) is 0.429. The van der Waals surface area contributed by atoms with Crippen molar-refractivity contribution in [3.05, 3.63) is 35.4 Å². The molecule has 1 amide bonds. The monoisotopic (exact) mass is 245 g/mol. The number of nitrogens with two attached hydrogens (primary N) is 1. The van der Waals surface area contributed by atoms with Crippen molar-refractivity contribution in [2.45, 2.75) is 32.4 Å². The molecule has 4 heteroatoms. The second-order valence-electron chi connectivity index (χ2n) is 4.40. The van der Waals surface area contributed by atoms with E-state index >= 15 is 0 Å². The van der Waals surface area contributed by atoms with Crippen molar-refractivity contribution in [3.8, 4) is 6.07 Å². The SMILES string of the molecule is CCC[C@@H](N)C(=O)N(C)Cc1ccc(C#N)cc1. The van der Waals surface area contributed by atoms with Crippen LogP contribution in [0.3, 0.4) is 0 Å². The van der Waals surface area contributed by atoms with E-state index in [1.807, 2.05) is 19.1 Å². The summed E-state index contributed by atoms with van der Waals surface area (Å²) in [5.41, 5.74) is 7.41. The van der Waals surface area contributed by atoms with Crippen molar-refractivity contribution in [1.82, 2.24) is 4.90 Å². The van der Waals surface area contributed by atoms with Crippen LogP contribution >= 0.6 is 0 Å². The number of likely N-dealkylation sites (N-methyl/N-ethyl adjacent to an activating group) is 1. The van der Waals surface area contributed by atoms with Crippen LogP contribution in [0.2, 0.25) is 0 Å². The lowest BCUT2D eigenvalue weighted by atomic mass is 10.1. The number of carbonyl (C=O) groups excluding carboxylic acids is 1. The normalized spacial score (nSPS) is 11.7. The average molecular weight is 245 g/mol. The number of amides is 1. The van der Waals surface area contributed by atoms with Crippen molar-refractivity contribution >= 4 is 5.91 Å². The molecule has 0 aromatic heterocycles. The Morgan fingerprint density at radius 2 is 2.06 bits per heavy atom. The van der Waals surface area contributed by atoms with E-state index < -0.39 is 6.04 Å². The molecule has 2 N–H and O–H groups in total. The van der Waals surface area contributed by atoms with Gasteiger partial charge in [0.2, 0.25) is 5.91 Å².